The van der Waals surface area contributed by atoms with Gasteiger partial charge >= 0.3 is 0 Å². The molecule has 0 saturated carbocycles. The number of rotatable bonds is 7. The summed E-state index contributed by atoms with van der Waals surface area (Å²) in [5.41, 5.74) is 2.35. The quantitative estimate of drug-likeness (QED) is 0.675. The summed E-state index contributed by atoms with van der Waals surface area (Å²) >= 11 is 3.02. The monoisotopic (exact) mass is 390 g/mol. The van der Waals surface area contributed by atoms with Crippen molar-refractivity contribution in [3.8, 4) is 0 Å². The summed E-state index contributed by atoms with van der Waals surface area (Å²) in [5.74, 6) is 0. The van der Waals surface area contributed by atoms with Crippen molar-refractivity contribution in [1.82, 2.24) is 4.72 Å². The number of hydrogen-bond acceptors (Lipinski definition) is 3. The van der Waals surface area contributed by atoms with Crippen molar-refractivity contribution in [3.05, 3.63) is 29.8 Å². The third-order valence-corrected chi connectivity index (χ3v) is 6.90. The lowest BCUT2D eigenvalue weighted by Gasteiger charge is -2.25. The standard InChI is InChI=1S/C15H24BrN3O2S/c1-18(2)14-7-5-13(6-8-14)15(19-9-3-4-10-19)11-17-22(20,21)12-16/h5-8,15,17H,3-4,9-12H2,1-2H3/p+1/t15-/m0/s1. The topological polar surface area (TPSA) is 53.9 Å². The van der Waals surface area contributed by atoms with Gasteiger partial charge in [-0.15, -0.1) is 0 Å². The molecule has 2 rings (SSSR count). The molecule has 0 aromatic heterocycles. The number of sulfonamides is 1. The first-order valence-electron chi connectivity index (χ1n) is 7.58. The van der Waals surface area contributed by atoms with Crippen LogP contribution in [0.4, 0.5) is 5.69 Å². The average molecular weight is 391 g/mol. The lowest BCUT2D eigenvalue weighted by Crippen LogP contribution is -3.11. The summed E-state index contributed by atoms with van der Waals surface area (Å²) < 4.78 is 26.1. The molecule has 1 aliphatic rings. The molecule has 1 saturated heterocycles. The summed E-state index contributed by atoms with van der Waals surface area (Å²) in [6, 6.07) is 8.60. The van der Waals surface area contributed by atoms with Gasteiger partial charge in [-0.3, -0.25) is 0 Å². The molecule has 0 spiro atoms. The van der Waals surface area contributed by atoms with Crippen LogP contribution in [0.2, 0.25) is 0 Å². The Balaban J connectivity index is 2.16. The van der Waals surface area contributed by atoms with Crippen LogP contribution in [0, 0.1) is 0 Å². The summed E-state index contributed by atoms with van der Waals surface area (Å²) in [6.45, 7) is 2.66. The number of nitrogens with zero attached hydrogens (tertiary/aromatic N) is 1. The largest absolute Gasteiger partial charge is 0.378 e. The normalized spacial score (nSPS) is 17.6. The molecular weight excluding hydrogens is 366 g/mol. The second-order valence-electron chi connectivity index (χ2n) is 5.98. The first-order valence-corrected chi connectivity index (χ1v) is 10.4. The van der Waals surface area contributed by atoms with Crippen molar-refractivity contribution in [2.75, 3.05) is 43.3 Å². The molecule has 0 amide bonds. The van der Waals surface area contributed by atoms with Crippen molar-refractivity contribution in [2.45, 2.75) is 18.9 Å². The molecule has 0 unspecified atom stereocenters. The number of nitrogens with one attached hydrogen (secondary N) is 2. The molecule has 2 N–H and O–H groups in total. The minimum atomic E-state index is -3.23. The van der Waals surface area contributed by atoms with Crippen LogP contribution in [-0.2, 0) is 10.0 Å². The van der Waals surface area contributed by atoms with Crippen LogP contribution in [-0.4, -0.2) is 46.8 Å². The van der Waals surface area contributed by atoms with Gasteiger partial charge in [0, 0.05) is 38.2 Å². The number of likely N-dealkylation sites (tertiary alicyclic amines) is 1. The Morgan fingerprint density at radius 3 is 2.32 bits per heavy atom. The number of benzene rings is 1. The van der Waals surface area contributed by atoms with Crippen LogP contribution in [0.15, 0.2) is 24.3 Å². The Hall–Kier alpha value is -0.630. The highest BCUT2D eigenvalue weighted by Crippen LogP contribution is 2.17. The second kappa shape index (κ2) is 7.77. The highest BCUT2D eigenvalue weighted by atomic mass is 79.9. The molecule has 1 heterocycles. The number of hydrogen-bond donors (Lipinski definition) is 2. The number of anilines is 1. The highest BCUT2D eigenvalue weighted by Gasteiger charge is 2.28. The van der Waals surface area contributed by atoms with Crippen LogP contribution in [0.1, 0.15) is 24.4 Å². The van der Waals surface area contributed by atoms with E-state index in [0.29, 0.717) is 6.54 Å². The zero-order valence-corrected chi connectivity index (χ0v) is 15.6. The van der Waals surface area contributed by atoms with Crippen LogP contribution in [0.25, 0.3) is 0 Å². The Labute approximate surface area is 141 Å². The van der Waals surface area contributed by atoms with E-state index in [9.17, 15) is 8.42 Å². The zero-order valence-electron chi connectivity index (χ0n) is 13.2. The molecule has 1 atom stereocenters. The summed E-state index contributed by atoms with van der Waals surface area (Å²) in [5, 5.41) is 0. The lowest BCUT2D eigenvalue weighted by atomic mass is 10.1. The minimum absolute atomic E-state index is 0.0539. The molecule has 1 fully saturated rings. The van der Waals surface area contributed by atoms with Gasteiger partial charge in [0.05, 0.1) is 19.6 Å². The fraction of sp³-hybridized carbons (Fsp3) is 0.600. The van der Waals surface area contributed by atoms with Crippen molar-refractivity contribution in [2.24, 2.45) is 0 Å². The second-order valence-corrected chi connectivity index (χ2v) is 9.09. The molecule has 1 aromatic rings. The van der Waals surface area contributed by atoms with Gasteiger partial charge in [-0.05, 0) is 12.1 Å². The van der Waals surface area contributed by atoms with E-state index in [0.717, 1.165) is 18.8 Å². The lowest BCUT2D eigenvalue weighted by molar-refractivity contribution is -0.918. The maximum absolute atomic E-state index is 11.7. The van der Waals surface area contributed by atoms with Crippen molar-refractivity contribution in [1.29, 1.82) is 0 Å². The molecular formula is C15H25BrN3O2S+. The van der Waals surface area contributed by atoms with Crippen molar-refractivity contribution < 1.29 is 13.3 Å². The van der Waals surface area contributed by atoms with E-state index in [1.165, 1.54) is 23.3 Å². The maximum atomic E-state index is 11.7. The molecule has 124 valence electrons. The first kappa shape index (κ1) is 17.7. The SMILES string of the molecule is CN(C)c1ccc([C@H](CNS(=O)(=O)CBr)[NH+]2CCCC2)cc1. The fourth-order valence-corrected chi connectivity index (χ4v) is 3.91. The van der Waals surface area contributed by atoms with Gasteiger partial charge in [0.2, 0.25) is 10.0 Å². The zero-order chi connectivity index (χ0) is 16.2. The molecule has 5 nitrogen and oxygen atoms in total. The molecule has 1 aromatic carbocycles. The summed E-state index contributed by atoms with van der Waals surface area (Å²) in [4.78, 5) is 3.53. The van der Waals surface area contributed by atoms with Crippen LogP contribution in [0.3, 0.4) is 0 Å². The van der Waals surface area contributed by atoms with Gasteiger partial charge in [0.1, 0.15) is 10.7 Å². The first-order chi connectivity index (χ1) is 10.4. The Morgan fingerprint density at radius 1 is 1.23 bits per heavy atom. The number of quaternary nitrogens is 1. The minimum Gasteiger partial charge on any atom is -0.378 e. The number of halogens is 1. The summed E-state index contributed by atoms with van der Waals surface area (Å²) in [6.07, 6.45) is 2.43. The average Bonchev–Trinajstić information content (AvgIpc) is 3.02. The molecule has 22 heavy (non-hydrogen) atoms. The maximum Gasteiger partial charge on any atom is 0.221 e. The number of alkyl halides is 1. The Bertz CT molecular complexity index is 569. The Kier molecular flexibility index (Phi) is 6.26. The predicted octanol–water partition coefficient (Wildman–Crippen LogP) is 0.744. The van der Waals surface area contributed by atoms with Gasteiger partial charge in [0.25, 0.3) is 0 Å². The van der Waals surface area contributed by atoms with Gasteiger partial charge < -0.3 is 9.80 Å². The molecule has 0 aliphatic carbocycles. The van der Waals surface area contributed by atoms with E-state index in [1.54, 1.807) is 0 Å². The van der Waals surface area contributed by atoms with E-state index < -0.39 is 10.0 Å². The molecule has 0 radical (unpaired) electrons. The van der Waals surface area contributed by atoms with Crippen molar-refractivity contribution >= 4 is 31.6 Å². The van der Waals surface area contributed by atoms with E-state index in [2.05, 4.69) is 49.8 Å². The fourth-order valence-electron chi connectivity index (χ4n) is 2.93. The van der Waals surface area contributed by atoms with E-state index >= 15 is 0 Å². The van der Waals surface area contributed by atoms with Gasteiger partial charge in [-0.25, -0.2) is 13.1 Å². The molecule has 7 heteroatoms. The molecule has 1 aliphatic heterocycles. The Morgan fingerprint density at radius 2 is 1.82 bits per heavy atom. The van der Waals surface area contributed by atoms with Crippen molar-refractivity contribution in [3.63, 3.8) is 0 Å². The van der Waals surface area contributed by atoms with E-state index in [-0.39, 0.29) is 10.7 Å². The van der Waals surface area contributed by atoms with Gasteiger partial charge in [0.15, 0.2) is 0 Å². The highest BCUT2D eigenvalue weighted by molar-refractivity contribution is 9.10. The smallest absolute Gasteiger partial charge is 0.221 e. The van der Waals surface area contributed by atoms with Crippen LogP contribution < -0.4 is 14.5 Å². The third-order valence-electron chi connectivity index (χ3n) is 4.20. The van der Waals surface area contributed by atoms with Crippen LogP contribution >= 0.6 is 15.9 Å². The summed E-state index contributed by atoms with van der Waals surface area (Å²) in [7, 11) is 0.804. The van der Waals surface area contributed by atoms with Gasteiger partial charge in [-0.2, -0.15) is 0 Å². The van der Waals surface area contributed by atoms with Crippen LogP contribution in [0.5, 0.6) is 0 Å². The van der Waals surface area contributed by atoms with E-state index in [1.807, 2.05) is 14.1 Å². The van der Waals surface area contributed by atoms with E-state index in [4.69, 9.17) is 0 Å². The third kappa shape index (κ3) is 4.68. The predicted molar refractivity (Wildman–Crippen MR) is 94.2 cm³/mol. The van der Waals surface area contributed by atoms with Gasteiger partial charge in [-0.1, -0.05) is 28.1 Å². The molecule has 0 bridgehead atoms.